The second-order valence-corrected chi connectivity index (χ2v) is 6.21. The molecule has 2 heterocycles. The van der Waals surface area contributed by atoms with Crippen molar-refractivity contribution < 1.29 is 4.79 Å². The van der Waals surface area contributed by atoms with Gasteiger partial charge in [-0.2, -0.15) is 5.10 Å². The summed E-state index contributed by atoms with van der Waals surface area (Å²) in [5, 5.41) is 7.68. The lowest BCUT2D eigenvalue weighted by Crippen LogP contribution is -2.44. The highest BCUT2D eigenvalue weighted by Crippen LogP contribution is 2.27. The Morgan fingerprint density at radius 1 is 1.36 bits per heavy atom. The van der Waals surface area contributed by atoms with Crippen molar-refractivity contribution in [2.75, 3.05) is 26.2 Å². The molecule has 0 radical (unpaired) electrons. The summed E-state index contributed by atoms with van der Waals surface area (Å²) >= 11 is 0. The molecule has 0 aromatic carbocycles. The molecule has 2 aliphatic rings. The van der Waals surface area contributed by atoms with Crippen LogP contribution in [-0.4, -0.2) is 46.8 Å². The summed E-state index contributed by atoms with van der Waals surface area (Å²) in [6, 6.07) is 0.338. The zero-order valence-corrected chi connectivity index (χ0v) is 14.7. The monoisotopic (exact) mass is 348 g/mol. The van der Waals surface area contributed by atoms with Crippen LogP contribution in [0, 0.1) is 12.8 Å². The first-order valence-electron chi connectivity index (χ1n) is 7.71. The fraction of sp³-hybridized carbons (Fsp3) is 0.733. The quantitative estimate of drug-likeness (QED) is 0.887. The summed E-state index contributed by atoms with van der Waals surface area (Å²) in [5.74, 6) is 1.06. The van der Waals surface area contributed by atoms with E-state index in [1.54, 1.807) is 0 Å². The highest BCUT2D eigenvalue weighted by molar-refractivity contribution is 5.85. The normalized spacial score (nSPS) is 21.0. The molecule has 1 N–H and O–H groups in total. The minimum absolute atomic E-state index is 0. The van der Waals surface area contributed by atoms with Crippen LogP contribution in [0.3, 0.4) is 0 Å². The van der Waals surface area contributed by atoms with Crippen LogP contribution in [0.4, 0.5) is 0 Å². The number of nitrogens with one attached hydrogen (secondary N) is 1. The van der Waals surface area contributed by atoms with Crippen molar-refractivity contribution in [1.29, 1.82) is 0 Å². The molecule has 7 heteroatoms. The van der Waals surface area contributed by atoms with Gasteiger partial charge in [0.05, 0.1) is 18.8 Å². The van der Waals surface area contributed by atoms with Crippen molar-refractivity contribution in [1.82, 2.24) is 20.0 Å². The molecule has 2 fully saturated rings. The number of aryl methyl sites for hydroxylation is 1. The number of aromatic nitrogens is 2. The van der Waals surface area contributed by atoms with E-state index < -0.39 is 0 Å². The molecule has 1 aromatic rings. The van der Waals surface area contributed by atoms with Gasteiger partial charge < -0.3 is 10.2 Å². The number of hydrogen-bond acceptors (Lipinski definition) is 3. The minimum Gasteiger partial charge on any atom is -0.339 e. The first-order valence-corrected chi connectivity index (χ1v) is 7.71. The molecule has 0 bridgehead atoms. The fourth-order valence-corrected chi connectivity index (χ4v) is 2.85. The van der Waals surface area contributed by atoms with Gasteiger partial charge in [0.1, 0.15) is 0 Å². The molecule has 1 atom stereocenters. The Bertz CT molecular complexity index is 476. The lowest BCUT2D eigenvalue weighted by molar-refractivity contribution is -0.131. The van der Waals surface area contributed by atoms with E-state index in [0.29, 0.717) is 12.6 Å². The van der Waals surface area contributed by atoms with E-state index in [1.807, 2.05) is 15.8 Å². The van der Waals surface area contributed by atoms with E-state index in [4.69, 9.17) is 0 Å². The number of nitrogens with zero attached hydrogens (tertiary/aromatic N) is 3. The Balaban J connectivity index is 0.00000121. The van der Waals surface area contributed by atoms with E-state index >= 15 is 0 Å². The fourth-order valence-electron chi connectivity index (χ4n) is 2.85. The van der Waals surface area contributed by atoms with Gasteiger partial charge in [0, 0.05) is 19.3 Å². The summed E-state index contributed by atoms with van der Waals surface area (Å²) in [5.41, 5.74) is 1.18. The Kier molecular flexibility index (Phi) is 7.66. The average Bonchev–Trinajstić information content (AvgIpc) is 3.18. The number of carbonyl (C=O) groups is 1. The van der Waals surface area contributed by atoms with Crippen molar-refractivity contribution >= 4 is 30.7 Å². The zero-order valence-electron chi connectivity index (χ0n) is 13.0. The maximum atomic E-state index is 12.2. The number of rotatable bonds is 5. The van der Waals surface area contributed by atoms with E-state index in [0.717, 1.165) is 38.4 Å². The number of halogens is 2. The van der Waals surface area contributed by atoms with E-state index in [2.05, 4.69) is 23.5 Å². The van der Waals surface area contributed by atoms with Crippen LogP contribution in [0.2, 0.25) is 0 Å². The topological polar surface area (TPSA) is 50.2 Å². The van der Waals surface area contributed by atoms with Crippen molar-refractivity contribution in [3.8, 4) is 0 Å². The maximum absolute atomic E-state index is 12.2. The number of piperidine rings is 1. The molecule has 1 aromatic heterocycles. The predicted octanol–water partition coefficient (Wildman–Crippen LogP) is 2.20. The second kappa shape index (κ2) is 8.75. The molecular weight excluding hydrogens is 323 g/mol. The average molecular weight is 349 g/mol. The van der Waals surface area contributed by atoms with Crippen LogP contribution >= 0.6 is 24.8 Å². The SMILES string of the molecule is Cc1cnn(C2CCCN(C(=O)CNCC3CC3)C2)c1.Cl.Cl. The molecule has 1 amide bonds. The predicted molar refractivity (Wildman–Crippen MR) is 91.9 cm³/mol. The summed E-state index contributed by atoms with van der Waals surface area (Å²) in [6.45, 7) is 5.23. The van der Waals surface area contributed by atoms with Gasteiger partial charge in [-0.05, 0) is 50.6 Å². The molecule has 126 valence electrons. The molecule has 1 aliphatic heterocycles. The summed E-state index contributed by atoms with van der Waals surface area (Å²) in [4.78, 5) is 14.2. The van der Waals surface area contributed by atoms with Gasteiger partial charge in [-0.25, -0.2) is 0 Å². The smallest absolute Gasteiger partial charge is 0.236 e. The molecule has 22 heavy (non-hydrogen) atoms. The summed E-state index contributed by atoms with van der Waals surface area (Å²) in [7, 11) is 0. The van der Waals surface area contributed by atoms with E-state index in [9.17, 15) is 4.79 Å². The van der Waals surface area contributed by atoms with Gasteiger partial charge in [-0.3, -0.25) is 9.48 Å². The molecule has 1 saturated heterocycles. The van der Waals surface area contributed by atoms with Gasteiger partial charge in [-0.1, -0.05) is 0 Å². The van der Waals surface area contributed by atoms with Crippen molar-refractivity contribution in [2.45, 2.75) is 38.6 Å². The Morgan fingerprint density at radius 3 is 2.77 bits per heavy atom. The number of hydrogen-bond donors (Lipinski definition) is 1. The Morgan fingerprint density at radius 2 is 2.14 bits per heavy atom. The van der Waals surface area contributed by atoms with Crippen molar-refractivity contribution in [3.63, 3.8) is 0 Å². The summed E-state index contributed by atoms with van der Waals surface area (Å²) in [6.07, 6.45) is 8.79. The van der Waals surface area contributed by atoms with Gasteiger partial charge in [0.25, 0.3) is 0 Å². The molecule has 1 aliphatic carbocycles. The van der Waals surface area contributed by atoms with Crippen LogP contribution in [0.1, 0.15) is 37.3 Å². The number of carbonyl (C=O) groups excluding carboxylic acids is 1. The van der Waals surface area contributed by atoms with Crippen LogP contribution in [0.25, 0.3) is 0 Å². The molecule has 1 unspecified atom stereocenters. The largest absolute Gasteiger partial charge is 0.339 e. The van der Waals surface area contributed by atoms with Crippen LogP contribution in [-0.2, 0) is 4.79 Å². The lowest BCUT2D eigenvalue weighted by Gasteiger charge is -2.33. The number of amides is 1. The molecule has 5 nitrogen and oxygen atoms in total. The third kappa shape index (κ3) is 5.14. The van der Waals surface area contributed by atoms with Crippen LogP contribution < -0.4 is 5.32 Å². The zero-order chi connectivity index (χ0) is 13.9. The first-order chi connectivity index (χ1) is 9.72. The van der Waals surface area contributed by atoms with E-state index in [1.165, 1.54) is 18.4 Å². The molecule has 1 saturated carbocycles. The van der Waals surface area contributed by atoms with Gasteiger partial charge in [-0.15, -0.1) is 24.8 Å². The standard InChI is InChI=1S/C15H24N4O.2ClH/c1-12-7-17-19(10-12)14-3-2-6-18(11-14)15(20)9-16-8-13-4-5-13;;/h7,10,13-14,16H,2-6,8-9,11H2,1H3;2*1H. The number of likely N-dealkylation sites (tertiary alicyclic amines) is 1. The first kappa shape index (κ1) is 19.3. The van der Waals surface area contributed by atoms with Gasteiger partial charge in [0.2, 0.25) is 5.91 Å². The Hall–Kier alpha value is -0.780. The molecule has 0 spiro atoms. The van der Waals surface area contributed by atoms with Gasteiger partial charge >= 0.3 is 0 Å². The highest BCUT2D eigenvalue weighted by Gasteiger charge is 2.26. The molecular formula is C15H26Cl2N4O. The lowest BCUT2D eigenvalue weighted by atomic mass is 10.1. The molecule has 3 rings (SSSR count). The van der Waals surface area contributed by atoms with E-state index in [-0.39, 0.29) is 30.7 Å². The van der Waals surface area contributed by atoms with Crippen LogP contribution in [0.15, 0.2) is 12.4 Å². The Labute approximate surface area is 144 Å². The van der Waals surface area contributed by atoms with Crippen LogP contribution in [0.5, 0.6) is 0 Å². The van der Waals surface area contributed by atoms with Crippen molar-refractivity contribution in [3.05, 3.63) is 18.0 Å². The summed E-state index contributed by atoms with van der Waals surface area (Å²) < 4.78 is 2.02. The minimum atomic E-state index is 0. The highest BCUT2D eigenvalue weighted by atomic mass is 35.5. The third-order valence-electron chi connectivity index (χ3n) is 4.26. The van der Waals surface area contributed by atoms with Gasteiger partial charge in [0.15, 0.2) is 0 Å². The maximum Gasteiger partial charge on any atom is 0.236 e. The van der Waals surface area contributed by atoms with Crippen molar-refractivity contribution in [2.24, 2.45) is 5.92 Å². The second-order valence-electron chi connectivity index (χ2n) is 6.21. The third-order valence-corrected chi connectivity index (χ3v) is 4.26.